The molecule has 0 radical (unpaired) electrons. The lowest BCUT2D eigenvalue weighted by atomic mass is 9.95. The second-order valence-corrected chi connectivity index (χ2v) is 11.4. The first-order chi connectivity index (χ1) is 19.2. The summed E-state index contributed by atoms with van der Waals surface area (Å²) in [6, 6.07) is 4.63. The number of rotatable bonds is 13. The number of aryl methyl sites for hydroxylation is 1. The van der Waals surface area contributed by atoms with E-state index in [2.05, 4.69) is 23.3 Å². The van der Waals surface area contributed by atoms with Crippen molar-refractivity contribution >= 4 is 11.8 Å². The van der Waals surface area contributed by atoms with Crippen LogP contribution >= 0.6 is 0 Å². The summed E-state index contributed by atoms with van der Waals surface area (Å²) >= 11 is 0. The van der Waals surface area contributed by atoms with Crippen molar-refractivity contribution in [1.82, 2.24) is 14.8 Å². The molecule has 3 heterocycles. The molecule has 220 valence electrons. The summed E-state index contributed by atoms with van der Waals surface area (Å²) in [7, 11) is 5.24. The van der Waals surface area contributed by atoms with E-state index in [9.17, 15) is 14.3 Å². The van der Waals surface area contributed by atoms with E-state index in [4.69, 9.17) is 14.5 Å². The molecule has 2 aliphatic rings. The van der Waals surface area contributed by atoms with Gasteiger partial charge in [0.25, 0.3) is 0 Å². The third-order valence-corrected chi connectivity index (χ3v) is 8.37. The van der Waals surface area contributed by atoms with Gasteiger partial charge < -0.3 is 24.8 Å². The van der Waals surface area contributed by atoms with Gasteiger partial charge in [-0.1, -0.05) is 20.3 Å². The van der Waals surface area contributed by atoms with Gasteiger partial charge in [-0.2, -0.15) is 0 Å². The number of likely N-dealkylation sites (tertiary alicyclic amines) is 1. The molecule has 40 heavy (non-hydrogen) atoms. The van der Waals surface area contributed by atoms with Gasteiger partial charge in [-0.15, -0.1) is 0 Å². The Balaban J connectivity index is 1.30. The maximum absolute atomic E-state index is 14.9. The van der Waals surface area contributed by atoms with E-state index in [1.165, 1.54) is 18.7 Å². The minimum absolute atomic E-state index is 0.0235. The number of benzene rings is 1. The Bertz CT molecular complexity index is 1160. The molecule has 8 nitrogen and oxygen atoms in total. The number of pyridine rings is 1. The van der Waals surface area contributed by atoms with Gasteiger partial charge in [0.2, 0.25) is 0 Å². The highest BCUT2D eigenvalue weighted by Gasteiger charge is 2.37. The van der Waals surface area contributed by atoms with Crippen LogP contribution in [0, 0.1) is 5.82 Å². The van der Waals surface area contributed by atoms with Gasteiger partial charge >= 0.3 is 5.97 Å². The zero-order valence-electron chi connectivity index (χ0n) is 24.6. The Labute approximate surface area is 237 Å². The highest BCUT2D eigenvalue weighted by Crippen LogP contribution is 2.37. The Morgan fingerprint density at radius 1 is 1.23 bits per heavy atom. The molecule has 9 heteroatoms. The van der Waals surface area contributed by atoms with Crippen molar-refractivity contribution in [2.45, 2.75) is 76.8 Å². The van der Waals surface area contributed by atoms with Gasteiger partial charge in [0, 0.05) is 48.6 Å². The van der Waals surface area contributed by atoms with Crippen LogP contribution in [0.15, 0.2) is 18.2 Å². The number of nitrogens with zero attached hydrogens (tertiary/aromatic N) is 3. The van der Waals surface area contributed by atoms with Gasteiger partial charge in [-0.05, 0) is 75.7 Å². The van der Waals surface area contributed by atoms with Gasteiger partial charge in [0.05, 0.1) is 14.2 Å². The fourth-order valence-electron chi connectivity index (χ4n) is 6.03. The van der Waals surface area contributed by atoms with E-state index in [0.29, 0.717) is 18.7 Å². The van der Waals surface area contributed by atoms with Crippen LogP contribution in [0.5, 0.6) is 11.5 Å². The molecule has 2 atom stereocenters. The maximum Gasteiger partial charge on any atom is 0.325 e. The number of aliphatic carboxylic acids is 1. The van der Waals surface area contributed by atoms with Crippen LogP contribution in [0.4, 0.5) is 10.2 Å². The van der Waals surface area contributed by atoms with E-state index in [1.807, 2.05) is 18.7 Å². The lowest BCUT2D eigenvalue weighted by molar-refractivity contribution is -0.143. The zero-order valence-corrected chi connectivity index (χ0v) is 24.6. The van der Waals surface area contributed by atoms with E-state index in [-0.39, 0.29) is 17.7 Å². The predicted octanol–water partition coefficient (Wildman–Crippen LogP) is 5.26. The number of unbranched alkanes of at least 4 members (excludes halogenated alkanes) is 2. The van der Waals surface area contributed by atoms with Crippen LogP contribution in [-0.4, -0.2) is 79.3 Å². The molecule has 0 saturated carbocycles. The normalized spacial score (nSPS) is 18.1. The van der Waals surface area contributed by atoms with Gasteiger partial charge in [-0.3, -0.25) is 9.69 Å². The molecule has 4 rings (SSSR count). The molecule has 1 aromatic heterocycles. The van der Waals surface area contributed by atoms with Gasteiger partial charge in [0.15, 0.2) is 11.6 Å². The highest BCUT2D eigenvalue weighted by molar-refractivity contribution is 5.77. The molecule has 0 amide bonds. The fraction of sp³-hybridized carbons (Fsp3) is 0.613. The zero-order chi connectivity index (χ0) is 28.8. The average molecular weight is 557 g/mol. The van der Waals surface area contributed by atoms with E-state index in [0.717, 1.165) is 80.9 Å². The molecule has 0 aliphatic carbocycles. The van der Waals surface area contributed by atoms with Crippen molar-refractivity contribution in [3.63, 3.8) is 0 Å². The molecule has 2 aliphatic heterocycles. The number of anilines is 1. The summed E-state index contributed by atoms with van der Waals surface area (Å²) in [5.41, 5.74) is 3.42. The lowest BCUT2D eigenvalue weighted by Crippen LogP contribution is -2.38. The summed E-state index contributed by atoms with van der Waals surface area (Å²) in [6.45, 7) is 7.11. The number of aromatic nitrogens is 1. The number of carbonyl (C=O) groups is 1. The largest absolute Gasteiger partial charge is 0.496 e. The Hall–Kier alpha value is -2.91. The second-order valence-electron chi connectivity index (χ2n) is 11.4. The maximum atomic E-state index is 14.9. The second kappa shape index (κ2) is 13.6. The lowest BCUT2D eigenvalue weighted by Gasteiger charge is -2.29. The number of methoxy groups -OCH3 is 2. The summed E-state index contributed by atoms with van der Waals surface area (Å²) in [4.78, 5) is 21.6. The summed E-state index contributed by atoms with van der Waals surface area (Å²) in [5, 5.41) is 13.6. The highest BCUT2D eigenvalue weighted by atomic mass is 19.1. The summed E-state index contributed by atoms with van der Waals surface area (Å²) in [5.74, 6) is 0.520. The third kappa shape index (κ3) is 6.86. The minimum atomic E-state index is -0.982. The number of hydrogen-bond donors (Lipinski definition) is 2. The molecule has 1 unspecified atom stereocenters. The van der Waals surface area contributed by atoms with Crippen LogP contribution in [-0.2, 0) is 17.6 Å². The van der Waals surface area contributed by atoms with E-state index < -0.39 is 17.8 Å². The molecule has 1 aromatic carbocycles. The number of halogens is 1. The molecule has 0 bridgehead atoms. The van der Waals surface area contributed by atoms with Crippen molar-refractivity contribution in [2.75, 3.05) is 52.8 Å². The molecular formula is C31H45FN4O4. The van der Waals surface area contributed by atoms with Gasteiger partial charge in [0.1, 0.15) is 17.6 Å². The smallest absolute Gasteiger partial charge is 0.325 e. The van der Waals surface area contributed by atoms with Crippen LogP contribution in [0.25, 0.3) is 0 Å². The molecule has 2 N–H and O–H groups in total. The van der Waals surface area contributed by atoms with E-state index in [1.54, 1.807) is 13.2 Å². The standard InChI is InChI=1S/C31H45FN4O4/c1-20(2)21-16-25(29(40-5)26(32)17-21)28(31(37)38)36-15-12-23(19-36)35(3)14-8-6-7-10-22-18-27(39-4)24-11-9-13-33-30(24)34-22/h16-18,20,23,28H,6-15,19H2,1-5H3,(H,33,34)(H,37,38)/t23-,28?/m1/s1. The van der Waals surface area contributed by atoms with Crippen LogP contribution in [0.3, 0.4) is 0 Å². The van der Waals surface area contributed by atoms with Crippen molar-refractivity contribution in [3.05, 3.63) is 46.4 Å². The molecule has 2 aromatic rings. The fourth-order valence-corrected chi connectivity index (χ4v) is 6.03. The van der Waals surface area contributed by atoms with Crippen molar-refractivity contribution in [1.29, 1.82) is 0 Å². The Morgan fingerprint density at radius 3 is 2.73 bits per heavy atom. The van der Waals surface area contributed by atoms with Crippen LogP contribution < -0.4 is 14.8 Å². The number of likely N-dealkylation sites (N-methyl/N-ethyl adjacent to an activating group) is 1. The number of ether oxygens (including phenoxy) is 2. The number of fused-ring (bicyclic) bond motifs is 1. The predicted molar refractivity (Wildman–Crippen MR) is 155 cm³/mol. The average Bonchev–Trinajstić information content (AvgIpc) is 3.41. The third-order valence-electron chi connectivity index (χ3n) is 8.37. The Morgan fingerprint density at radius 2 is 2.02 bits per heavy atom. The number of hydrogen-bond acceptors (Lipinski definition) is 7. The van der Waals surface area contributed by atoms with Crippen LogP contribution in [0.1, 0.15) is 80.3 Å². The first-order valence-electron chi connectivity index (χ1n) is 14.6. The van der Waals surface area contributed by atoms with E-state index >= 15 is 0 Å². The van der Waals surface area contributed by atoms with Crippen molar-refractivity contribution in [2.24, 2.45) is 0 Å². The molecule has 1 fully saturated rings. The number of carboxylic acids is 1. The first kappa shape index (κ1) is 30.1. The molecular weight excluding hydrogens is 511 g/mol. The SMILES string of the molecule is COc1cc(CCCCCN(C)[C@@H]2CCN(C(C(=O)O)c3cc(C(C)C)cc(F)c3OC)C2)nc2c1CCCN2. The van der Waals surface area contributed by atoms with Crippen LogP contribution in [0.2, 0.25) is 0 Å². The summed E-state index contributed by atoms with van der Waals surface area (Å²) in [6.07, 6.45) is 7.10. The van der Waals surface area contributed by atoms with Crippen molar-refractivity contribution in [3.8, 4) is 11.5 Å². The number of nitrogens with one attached hydrogen (secondary N) is 1. The van der Waals surface area contributed by atoms with Gasteiger partial charge in [-0.25, -0.2) is 9.37 Å². The minimum Gasteiger partial charge on any atom is -0.496 e. The first-order valence-corrected chi connectivity index (χ1v) is 14.6. The van der Waals surface area contributed by atoms with Crippen molar-refractivity contribution < 1.29 is 23.8 Å². The quantitative estimate of drug-likeness (QED) is 0.323. The number of carboxylic acid groups (broad SMARTS) is 1. The topological polar surface area (TPSA) is 87.2 Å². The molecule has 0 spiro atoms. The molecule has 1 saturated heterocycles. The monoisotopic (exact) mass is 556 g/mol. The Kier molecular flexibility index (Phi) is 10.2. The summed E-state index contributed by atoms with van der Waals surface area (Å²) < 4.78 is 25.8.